The zero-order chi connectivity index (χ0) is 15.7. The predicted octanol–water partition coefficient (Wildman–Crippen LogP) is 6.53. The van der Waals surface area contributed by atoms with Crippen molar-refractivity contribution in [3.8, 4) is 0 Å². The van der Waals surface area contributed by atoms with Gasteiger partial charge >= 0.3 is 0 Å². The molecule has 3 rings (SSSR count). The third kappa shape index (κ3) is 3.55. The minimum absolute atomic E-state index is 0.117. The first-order valence-electron chi connectivity index (χ1n) is 9.53. The fourth-order valence-corrected chi connectivity index (χ4v) is 5.39. The van der Waals surface area contributed by atoms with Gasteiger partial charge in [0.15, 0.2) is 0 Å². The first-order chi connectivity index (χ1) is 10.6. The van der Waals surface area contributed by atoms with Crippen LogP contribution in [-0.2, 0) is 0 Å². The summed E-state index contributed by atoms with van der Waals surface area (Å²) in [4.78, 5) is 0. The zero-order valence-electron chi connectivity index (χ0n) is 14.2. The second kappa shape index (κ2) is 7.24. The van der Waals surface area contributed by atoms with E-state index in [0.717, 1.165) is 37.0 Å². The Morgan fingerprint density at radius 1 is 0.955 bits per heavy atom. The van der Waals surface area contributed by atoms with E-state index in [1.165, 1.54) is 44.1 Å². The molecule has 0 aliphatic heterocycles. The van der Waals surface area contributed by atoms with Gasteiger partial charge < -0.3 is 0 Å². The highest BCUT2D eigenvalue weighted by Gasteiger charge is 2.39. The molecule has 2 saturated carbocycles. The van der Waals surface area contributed by atoms with Crippen LogP contribution in [0.2, 0.25) is 0 Å². The molecular weight excluding hydrogens is 295 g/mol. The summed E-state index contributed by atoms with van der Waals surface area (Å²) < 4.78 is 14.6. The molecule has 0 N–H and O–H groups in total. The Morgan fingerprint density at radius 3 is 2.32 bits per heavy atom. The molecule has 22 heavy (non-hydrogen) atoms. The van der Waals surface area contributed by atoms with Gasteiger partial charge in [0.2, 0.25) is 0 Å². The molecular formula is C20H32ClF. The number of alkyl halides is 2. The van der Waals surface area contributed by atoms with Gasteiger partial charge in [-0.1, -0.05) is 38.3 Å². The monoisotopic (exact) mass is 326 g/mol. The van der Waals surface area contributed by atoms with Gasteiger partial charge in [0.1, 0.15) is 6.17 Å². The Morgan fingerprint density at radius 2 is 1.68 bits per heavy atom. The standard InChI is InChI=1S/C20H32ClF/c1-13-3-6-15(7-4-13)16-8-10-17(11-9-16)18-12-5-14(2)19(21)20(18)22/h10,13-16,18-20H,3-9,11-12H2,1-2H3. The topological polar surface area (TPSA) is 0 Å². The number of rotatable bonds is 2. The van der Waals surface area contributed by atoms with Gasteiger partial charge in [-0.05, 0) is 68.6 Å². The van der Waals surface area contributed by atoms with Crippen molar-refractivity contribution in [2.45, 2.75) is 83.2 Å². The predicted molar refractivity (Wildman–Crippen MR) is 93.0 cm³/mol. The Bertz CT molecular complexity index is 397. The van der Waals surface area contributed by atoms with Gasteiger partial charge in [-0.15, -0.1) is 11.6 Å². The van der Waals surface area contributed by atoms with Crippen LogP contribution < -0.4 is 0 Å². The largest absolute Gasteiger partial charge is 0.245 e. The molecule has 3 aliphatic rings. The summed E-state index contributed by atoms with van der Waals surface area (Å²) in [5.74, 6) is 3.18. The molecule has 0 radical (unpaired) electrons. The lowest BCUT2D eigenvalue weighted by Gasteiger charge is -2.39. The quantitative estimate of drug-likeness (QED) is 0.399. The molecule has 0 aromatic heterocycles. The van der Waals surface area contributed by atoms with Crippen LogP contribution in [0.1, 0.15) is 71.6 Å². The van der Waals surface area contributed by atoms with Crippen molar-refractivity contribution in [3.63, 3.8) is 0 Å². The molecule has 5 unspecified atom stereocenters. The lowest BCUT2D eigenvalue weighted by atomic mass is 9.69. The van der Waals surface area contributed by atoms with Crippen LogP contribution in [-0.4, -0.2) is 11.5 Å². The molecule has 0 aromatic carbocycles. The Balaban J connectivity index is 1.57. The summed E-state index contributed by atoms with van der Waals surface area (Å²) in [6.45, 7) is 4.49. The molecule has 0 amide bonds. The lowest BCUT2D eigenvalue weighted by molar-refractivity contribution is 0.149. The number of hydrogen-bond donors (Lipinski definition) is 0. The molecule has 2 heteroatoms. The van der Waals surface area contributed by atoms with E-state index in [2.05, 4.69) is 19.9 Å². The van der Waals surface area contributed by atoms with Gasteiger partial charge in [-0.3, -0.25) is 0 Å². The SMILES string of the molecule is CC1CCC(C2CC=C(C3CCC(C)C(Cl)C3F)CC2)CC1. The zero-order valence-corrected chi connectivity index (χ0v) is 15.0. The summed E-state index contributed by atoms with van der Waals surface area (Å²) in [7, 11) is 0. The Labute approximate surface area is 140 Å². The maximum atomic E-state index is 14.6. The fourth-order valence-electron chi connectivity index (χ4n) is 5.08. The molecule has 0 spiro atoms. The molecule has 0 nitrogen and oxygen atoms in total. The van der Waals surface area contributed by atoms with Crippen LogP contribution in [0.5, 0.6) is 0 Å². The molecule has 2 fully saturated rings. The van der Waals surface area contributed by atoms with Crippen LogP contribution in [0.15, 0.2) is 11.6 Å². The minimum atomic E-state index is -0.830. The van der Waals surface area contributed by atoms with Crippen molar-refractivity contribution in [1.29, 1.82) is 0 Å². The summed E-state index contributed by atoms with van der Waals surface area (Å²) >= 11 is 6.29. The average molecular weight is 327 g/mol. The van der Waals surface area contributed by atoms with Crippen molar-refractivity contribution < 1.29 is 4.39 Å². The van der Waals surface area contributed by atoms with Gasteiger partial charge in [-0.2, -0.15) is 0 Å². The number of hydrogen-bond acceptors (Lipinski definition) is 0. The second-order valence-electron chi connectivity index (χ2n) is 8.38. The van der Waals surface area contributed by atoms with E-state index in [-0.39, 0.29) is 11.3 Å². The van der Waals surface area contributed by atoms with Crippen LogP contribution >= 0.6 is 11.6 Å². The number of allylic oxidation sites excluding steroid dienone is 2. The minimum Gasteiger partial charge on any atom is -0.245 e. The average Bonchev–Trinajstić information content (AvgIpc) is 2.54. The highest BCUT2D eigenvalue weighted by molar-refractivity contribution is 6.21. The van der Waals surface area contributed by atoms with E-state index in [1.54, 1.807) is 0 Å². The smallest absolute Gasteiger partial charge is 0.123 e. The molecule has 0 bridgehead atoms. The van der Waals surface area contributed by atoms with Crippen LogP contribution in [0.3, 0.4) is 0 Å². The summed E-state index contributed by atoms with van der Waals surface area (Å²) in [5.41, 5.74) is 1.39. The van der Waals surface area contributed by atoms with Gasteiger partial charge in [-0.25, -0.2) is 4.39 Å². The van der Waals surface area contributed by atoms with E-state index in [4.69, 9.17) is 11.6 Å². The highest BCUT2D eigenvalue weighted by Crippen LogP contribution is 2.44. The van der Waals surface area contributed by atoms with Crippen LogP contribution in [0.25, 0.3) is 0 Å². The first kappa shape index (κ1) is 16.8. The number of halogens is 2. The third-order valence-corrected chi connectivity index (χ3v) is 7.53. The van der Waals surface area contributed by atoms with Crippen molar-refractivity contribution in [2.75, 3.05) is 0 Å². The normalized spacial score (nSPS) is 47.1. The fraction of sp³-hybridized carbons (Fsp3) is 0.900. The van der Waals surface area contributed by atoms with Crippen LogP contribution in [0, 0.1) is 29.6 Å². The van der Waals surface area contributed by atoms with Gasteiger partial charge in [0.05, 0.1) is 5.38 Å². The molecule has 3 aliphatic carbocycles. The van der Waals surface area contributed by atoms with Crippen molar-refractivity contribution in [3.05, 3.63) is 11.6 Å². The van der Waals surface area contributed by atoms with E-state index >= 15 is 0 Å². The summed E-state index contributed by atoms with van der Waals surface area (Å²) in [6, 6.07) is 0. The van der Waals surface area contributed by atoms with Crippen molar-refractivity contribution in [1.82, 2.24) is 0 Å². The second-order valence-corrected chi connectivity index (χ2v) is 8.89. The third-order valence-electron chi connectivity index (χ3n) is 6.86. The van der Waals surface area contributed by atoms with E-state index < -0.39 is 6.17 Å². The molecule has 0 aromatic rings. The van der Waals surface area contributed by atoms with Gasteiger partial charge in [0, 0.05) is 5.92 Å². The Kier molecular flexibility index (Phi) is 5.53. The lowest BCUT2D eigenvalue weighted by Crippen LogP contribution is -2.37. The van der Waals surface area contributed by atoms with Gasteiger partial charge in [0.25, 0.3) is 0 Å². The molecule has 0 saturated heterocycles. The molecule has 0 heterocycles. The van der Waals surface area contributed by atoms with Crippen molar-refractivity contribution in [2.24, 2.45) is 29.6 Å². The van der Waals surface area contributed by atoms with E-state index in [9.17, 15) is 4.39 Å². The van der Waals surface area contributed by atoms with E-state index in [1.807, 2.05) is 0 Å². The highest BCUT2D eigenvalue weighted by atomic mass is 35.5. The van der Waals surface area contributed by atoms with E-state index in [0.29, 0.717) is 5.92 Å². The maximum absolute atomic E-state index is 14.6. The maximum Gasteiger partial charge on any atom is 0.123 e. The molecule has 126 valence electrons. The summed E-state index contributed by atoms with van der Waals surface area (Å²) in [5, 5.41) is -0.280. The molecule has 5 atom stereocenters. The summed E-state index contributed by atoms with van der Waals surface area (Å²) in [6.07, 6.45) is 12.9. The Hall–Kier alpha value is -0.0400. The van der Waals surface area contributed by atoms with Crippen LogP contribution in [0.4, 0.5) is 4.39 Å². The van der Waals surface area contributed by atoms with Crippen molar-refractivity contribution >= 4 is 11.6 Å². The first-order valence-corrected chi connectivity index (χ1v) is 9.97.